The van der Waals surface area contributed by atoms with Gasteiger partial charge in [0, 0.05) is 19.1 Å². The lowest BCUT2D eigenvalue weighted by Gasteiger charge is -2.23. The standard InChI is InChI=1S/C22H29NO6S/c1-16(17-7-5-4-6-8-17)11-21(29-10-9-28-2)18-12-19(22(24)25)14-20(13-18)23-15-30(3,26)27/h4-8,12-14,16,21,23H,9-11,15H2,1-3H3,(H,24,25). The molecule has 2 N–H and O–H groups in total. The molecule has 0 saturated carbocycles. The molecule has 0 bridgehead atoms. The average molecular weight is 436 g/mol. The molecule has 2 atom stereocenters. The lowest BCUT2D eigenvalue weighted by molar-refractivity contribution is 0.00931. The quantitative estimate of drug-likeness (QED) is 0.490. The van der Waals surface area contributed by atoms with E-state index < -0.39 is 15.8 Å². The number of sulfone groups is 1. The predicted octanol–water partition coefficient (Wildman–Crippen LogP) is 3.70. The molecule has 2 aromatic carbocycles. The van der Waals surface area contributed by atoms with Crippen LogP contribution in [0.4, 0.5) is 5.69 Å². The maximum atomic E-state index is 11.6. The molecule has 7 nitrogen and oxygen atoms in total. The van der Waals surface area contributed by atoms with E-state index in [1.165, 1.54) is 6.07 Å². The summed E-state index contributed by atoms with van der Waals surface area (Å²) < 4.78 is 34.1. The molecule has 0 heterocycles. The van der Waals surface area contributed by atoms with Gasteiger partial charge in [-0.1, -0.05) is 37.3 Å². The predicted molar refractivity (Wildman–Crippen MR) is 117 cm³/mol. The van der Waals surface area contributed by atoms with Gasteiger partial charge in [0.1, 0.15) is 5.88 Å². The van der Waals surface area contributed by atoms with E-state index in [0.717, 1.165) is 11.8 Å². The maximum Gasteiger partial charge on any atom is 0.335 e. The van der Waals surface area contributed by atoms with E-state index in [-0.39, 0.29) is 23.5 Å². The number of anilines is 1. The number of hydrogen-bond donors (Lipinski definition) is 2. The van der Waals surface area contributed by atoms with E-state index in [0.29, 0.717) is 30.9 Å². The van der Waals surface area contributed by atoms with Gasteiger partial charge in [-0.05, 0) is 41.7 Å². The van der Waals surface area contributed by atoms with Gasteiger partial charge < -0.3 is 19.9 Å². The zero-order valence-corrected chi connectivity index (χ0v) is 18.3. The van der Waals surface area contributed by atoms with E-state index in [4.69, 9.17) is 9.47 Å². The normalized spacial score (nSPS) is 13.6. The fourth-order valence-electron chi connectivity index (χ4n) is 3.09. The average Bonchev–Trinajstić information content (AvgIpc) is 2.71. The van der Waals surface area contributed by atoms with Crippen LogP contribution in [-0.2, 0) is 19.3 Å². The summed E-state index contributed by atoms with van der Waals surface area (Å²) in [5.41, 5.74) is 2.31. The van der Waals surface area contributed by atoms with Crippen LogP contribution >= 0.6 is 0 Å². The summed E-state index contributed by atoms with van der Waals surface area (Å²) in [6, 6.07) is 14.7. The summed E-state index contributed by atoms with van der Waals surface area (Å²) in [6.07, 6.45) is 1.36. The number of nitrogens with one attached hydrogen (secondary N) is 1. The number of methoxy groups -OCH3 is 1. The highest BCUT2D eigenvalue weighted by Gasteiger charge is 2.20. The minimum atomic E-state index is -3.27. The first-order valence-corrected chi connectivity index (χ1v) is 11.7. The third-order valence-electron chi connectivity index (χ3n) is 4.66. The van der Waals surface area contributed by atoms with Gasteiger partial charge in [0.05, 0.1) is 24.9 Å². The van der Waals surface area contributed by atoms with Crippen LogP contribution in [0.25, 0.3) is 0 Å². The molecule has 2 unspecified atom stereocenters. The molecule has 164 valence electrons. The first-order chi connectivity index (χ1) is 14.2. The van der Waals surface area contributed by atoms with Gasteiger partial charge >= 0.3 is 5.97 Å². The Hall–Kier alpha value is -2.42. The molecule has 2 rings (SSSR count). The Balaban J connectivity index is 2.34. The third-order valence-corrected chi connectivity index (χ3v) is 5.32. The van der Waals surface area contributed by atoms with Crippen LogP contribution in [0.5, 0.6) is 0 Å². The number of benzene rings is 2. The first-order valence-electron chi connectivity index (χ1n) is 9.65. The summed E-state index contributed by atoms with van der Waals surface area (Å²) in [5.74, 6) is -1.21. The molecule has 0 aliphatic heterocycles. The second-order valence-corrected chi connectivity index (χ2v) is 9.44. The number of carbonyl (C=O) groups is 1. The molecule has 0 aliphatic rings. The van der Waals surface area contributed by atoms with Gasteiger partial charge in [-0.25, -0.2) is 13.2 Å². The second kappa shape index (κ2) is 11.1. The van der Waals surface area contributed by atoms with Crippen LogP contribution in [0, 0.1) is 0 Å². The Bertz CT molecular complexity index is 930. The molecule has 8 heteroatoms. The highest BCUT2D eigenvalue weighted by Crippen LogP contribution is 2.32. The zero-order valence-electron chi connectivity index (χ0n) is 17.5. The van der Waals surface area contributed by atoms with Crippen molar-refractivity contribution >= 4 is 21.5 Å². The molecular formula is C22H29NO6S. The van der Waals surface area contributed by atoms with Crippen molar-refractivity contribution in [2.24, 2.45) is 0 Å². The summed E-state index contributed by atoms with van der Waals surface area (Å²) in [4.78, 5) is 11.6. The van der Waals surface area contributed by atoms with E-state index in [2.05, 4.69) is 12.2 Å². The van der Waals surface area contributed by atoms with Gasteiger partial charge in [0.2, 0.25) is 0 Å². The zero-order chi connectivity index (χ0) is 22.1. The largest absolute Gasteiger partial charge is 0.478 e. The molecule has 30 heavy (non-hydrogen) atoms. The van der Waals surface area contributed by atoms with Crippen LogP contribution in [0.3, 0.4) is 0 Å². The number of ether oxygens (including phenoxy) is 2. The molecule has 0 aliphatic carbocycles. The highest BCUT2D eigenvalue weighted by atomic mass is 32.2. The number of aromatic carboxylic acids is 1. The molecule has 2 aromatic rings. The smallest absolute Gasteiger partial charge is 0.335 e. The van der Waals surface area contributed by atoms with Gasteiger partial charge in [0.15, 0.2) is 9.84 Å². The van der Waals surface area contributed by atoms with Gasteiger partial charge in [0.25, 0.3) is 0 Å². The Kier molecular flexibility index (Phi) is 8.83. The minimum Gasteiger partial charge on any atom is -0.478 e. The van der Waals surface area contributed by atoms with Crippen molar-refractivity contribution in [3.05, 3.63) is 65.2 Å². The molecular weight excluding hydrogens is 406 g/mol. The van der Waals surface area contributed by atoms with Crippen LogP contribution in [0.2, 0.25) is 0 Å². The minimum absolute atomic E-state index is 0.0659. The van der Waals surface area contributed by atoms with Crippen molar-refractivity contribution in [3.63, 3.8) is 0 Å². The molecule has 0 saturated heterocycles. The summed E-state index contributed by atoms with van der Waals surface area (Å²) >= 11 is 0. The van der Waals surface area contributed by atoms with E-state index in [1.807, 2.05) is 30.3 Å². The van der Waals surface area contributed by atoms with Crippen molar-refractivity contribution in [2.45, 2.75) is 25.4 Å². The topological polar surface area (TPSA) is 102 Å². The van der Waals surface area contributed by atoms with Crippen LogP contribution in [0.1, 0.15) is 46.9 Å². The monoisotopic (exact) mass is 435 g/mol. The Morgan fingerprint density at radius 3 is 2.40 bits per heavy atom. The van der Waals surface area contributed by atoms with Crippen LogP contribution in [0.15, 0.2) is 48.5 Å². The molecule has 0 fully saturated rings. The Labute approximate surface area is 177 Å². The van der Waals surface area contributed by atoms with Crippen molar-refractivity contribution in [1.82, 2.24) is 0 Å². The van der Waals surface area contributed by atoms with Crippen LogP contribution < -0.4 is 5.32 Å². The fraction of sp³-hybridized carbons (Fsp3) is 0.409. The highest BCUT2D eigenvalue weighted by molar-refractivity contribution is 7.90. The van der Waals surface area contributed by atoms with Gasteiger partial charge in [-0.15, -0.1) is 0 Å². The lowest BCUT2D eigenvalue weighted by atomic mass is 9.91. The summed E-state index contributed by atoms with van der Waals surface area (Å²) in [7, 11) is -1.68. The molecule has 0 spiro atoms. The number of carboxylic acids is 1. The third kappa shape index (κ3) is 7.78. The van der Waals surface area contributed by atoms with E-state index in [1.54, 1.807) is 19.2 Å². The van der Waals surface area contributed by atoms with Crippen molar-refractivity contribution in [3.8, 4) is 0 Å². The second-order valence-electron chi connectivity index (χ2n) is 7.30. The molecule has 0 aromatic heterocycles. The van der Waals surface area contributed by atoms with E-state index in [9.17, 15) is 18.3 Å². The van der Waals surface area contributed by atoms with Crippen molar-refractivity contribution in [2.75, 3.05) is 37.8 Å². The number of carboxylic acid groups (broad SMARTS) is 1. The summed E-state index contributed by atoms with van der Waals surface area (Å²) in [5, 5.41) is 12.3. The fourth-order valence-corrected chi connectivity index (χ4v) is 3.52. The number of hydrogen-bond acceptors (Lipinski definition) is 6. The Morgan fingerprint density at radius 1 is 1.10 bits per heavy atom. The maximum absolute atomic E-state index is 11.6. The lowest BCUT2D eigenvalue weighted by Crippen LogP contribution is -2.15. The summed E-state index contributed by atoms with van der Waals surface area (Å²) in [6.45, 7) is 2.85. The molecule has 0 radical (unpaired) electrons. The van der Waals surface area contributed by atoms with Gasteiger partial charge in [-0.2, -0.15) is 0 Å². The van der Waals surface area contributed by atoms with E-state index >= 15 is 0 Å². The first kappa shape index (κ1) is 23.9. The van der Waals surface area contributed by atoms with Crippen LogP contribution in [-0.4, -0.2) is 51.9 Å². The Morgan fingerprint density at radius 2 is 1.80 bits per heavy atom. The number of rotatable bonds is 12. The van der Waals surface area contributed by atoms with Crippen molar-refractivity contribution < 1.29 is 27.8 Å². The van der Waals surface area contributed by atoms with Crippen molar-refractivity contribution in [1.29, 1.82) is 0 Å². The van der Waals surface area contributed by atoms with Gasteiger partial charge in [-0.3, -0.25) is 0 Å². The SMILES string of the molecule is COCCOC(CC(C)c1ccccc1)c1cc(NCS(C)(=O)=O)cc(C(=O)O)c1. The molecule has 0 amide bonds.